The Morgan fingerprint density at radius 2 is 1.97 bits per heavy atom. The summed E-state index contributed by atoms with van der Waals surface area (Å²) in [6, 6.07) is 5.61. The summed E-state index contributed by atoms with van der Waals surface area (Å²) in [5.74, 6) is 2.08. The van der Waals surface area contributed by atoms with Gasteiger partial charge in [0, 0.05) is 37.9 Å². The highest BCUT2D eigenvalue weighted by atomic mass is 16.5. The van der Waals surface area contributed by atoms with Gasteiger partial charge in [0.15, 0.2) is 23.1 Å². The van der Waals surface area contributed by atoms with Crippen molar-refractivity contribution in [3.8, 4) is 11.5 Å². The molecule has 1 unspecified atom stereocenters. The van der Waals surface area contributed by atoms with E-state index in [1.54, 1.807) is 20.3 Å². The minimum Gasteiger partial charge on any atom is -0.493 e. The van der Waals surface area contributed by atoms with Gasteiger partial charge in [0.25, 0.3) is 5.91 Å². The van der Waals surface area contributed by atoms with E-state index < -0.39 is 0 Å². The van der Waals surface area contributed by atoms with Crippen molar-refractivity contribution in [2.45, 2.75) is 25.7 Å². The zero-order valence-corrected chi connectivity index (χ0v) is 20.2. The summed E-state index contributed by atoms with van der Waals surface area (Å²) in [6.07, 6.45) is 9.12. The second kappa shape index (κ2) is 11.9. The molecule has 1 aliphatic carbocycles. The van der Waals surface area contributed by atoms with Gasteiger partial charge in [-0.1, -0.05) is 35.5 Å². The monoisotopic (exact) mass is 492 g/mol. The van der Waals surface area contributed by atoms with Crippen LogP contribution >= 0.6 is 0 Å². The lowest BCUT2D eigenvalue weighted by Crippen LogP contribution is -2.28. The standard InChI is InChI=1S/C25H28N6O5/c1-34-19-9-8-16(14-20(19)35-2)15-21-28-23(36-31-21)11-10-22(32)26-12-5-13-27-24-17-6-3-4-7-18(17)25(33)30-29-24/h3-4,6-9,14,18,27H,5,10-13,15H2,1-2H3,(H,26,32). The maximum Gasteiger partial charge on any atom is 0.276 e. The Morgan fingerprint density at radius 1 is 1.11 bits per heavy atom. The number of amides is 2. The third-order valence-corrected chi connectivity index (χ3v) is 5.67. The van der Waals surface area contributed by atoms with Gasteiger partial charge in [0.05, 0.1) is 20.1 Å². The van der Waals surface area contributed by atoms with E-state index in [2.05, 4.69) is 31.0 Å². The van der Waals surface area contributed by atoms with Crippen LogP contribution in [0.3, 0.4) is 0 Å². The maximum absolute atomic E-state index is 12.2. The van der Waals surface area contributed by atoms with Gasteiger partial charge in [-0.3, -0.25) is 9.59 Å². The van der Waals surface area contributed by atoms with Crippen LogP contribution in [-0.2, 0) is 22.4 Å². The quantitative estimate of drug-likeness (QED) is 0.431. The van der Waals surface area contributed by atoms with E-state index in [0.29, 0.717) is 61.4 Å². The van der Waals surface area contributed by atoms with E-state index >= 15 is 0 Å². The number of fused-ring (bicyclic) bond motifs is 1. The number of carbonyl (C=O) groups is 2. The number of azo groups is 1. The molecule has 0 fully saturated rings. The molecule has 2 N–H and O–H groups in total. The first kappa shape index (κ1) is 24.8. The van der Waals surface area contributed by atoms with E-state index in [9.17, 15) is 9.59 Å². The summed E-state index contributed by atoms with van der Waals surface area (Å²) in [6.45, 7) is 1.08. The van der Waals surface area contributed by atoms with Gasteiger partial charge in [-0.25, -0.2) is 0 Å². The third kappa shape index (κ3) is 6.23. The summed E-state index contributed by atoms with van der Waals surface area (Å²) in [4.78, 5) is 28.4. The first-order valence-corrected chi connectivity index (χ1v) is 11.6. The average molecular weight is 493 g/mol. The van der Waals surface area contributed by atoms with Crippen LogP contribution < -0.4 is 20.1 Å². The Morgan fingerprint density at radius 3 is 2.81 bits per heavy atom. The summed E-state index contributed by atoms with van der Waals surface area (Å²) in [5, 5.41) is 17.7. The van der Waals surface area contributed by atoms with E-state index in [0.717, 1.165) is 11.1 Å². The average Bonchev–Trinajstić information content (AvgIpc) is 3.35. The van der Waals surface area contributed by atoms with Crippen molar-refractivity contribution in [3.63, 3.8) is 0 Å². The van der Waals surface area contributed by atoms with Crippen LogP contribution in [0.5, 0.6) is 11.5 Å². The van der Waals surface area contributed by atoms with E-state index in [4.69, 9.17) is 14.0 Å². The predicted molar refractivity (Wildman–Crippen MR) is 129 cm³/mol. The Balaban J connectivity index is 1.16. The van der Waals surface area contributed by atoms with Gasteiger partial charge >= 0.3 is 0 Å². The third-order valence-electron chi connectivity index (χ3n) is 5.67. The lowest BCUT2D eigenvalue weighted by molar-refractivity contribution is -0.121. The number of nitrogens with one attached hydrogen (secondary N) is 2. The SMILES string of the molecule is COc1ccc(Cc2noc(CCC(=O)NCCCNC3=C4C=CC=CC4C(=O)N=N3)n2)cc1OC. The molecule has 1 aromatic carbocycles. The summed E-state index contributed by atoms with van der Waals surface area (Å²) < 4.78 is 15.9. The van der Waals surface area contributed by atoms with Crippen LogP contribution in [0.1, 0.15) is 30.1 Å². The molecule has 188 valence electrons. The molecule has 0 bridgehead atoms. The number of benzene rings is 1. The molecule has 0 spiro atoms. The molecule has 0 saturated carbocycles. The highest BCUT2D eigenvalue weighted by Crippen LogP contribution is 2.28. The van der Waals surface area contributed by atoms with Gasteiger partial charge in [-0.05, 0) is 24.1 Å². The molecule has 11 nitrogen and oxygen atoms in total. The Hall–Kier alpha value is -4.28. The normalized spacial score (nSPS) is 16.2. The Kier molecular flexibility index (Phi) is 8.22. The summed E-state index contributed by atoms with van der Waals surface area (Å²) in [7, 11) is 3.17. The smallest absolute Gasteiger partial charge is 0.276 e. The number of ether oxygens (including phenoxy) is 2. The lowest BCUT2D eigenvalue weighted by atomic mass is 9.93. The number of aromatic nitrogens is 2. The van der Waals surface area contributed by atoms with Gasteiger partial charge in [0.1, 0.15) is 0 Å². The van der Waals surface area contributed by atoms with Gasteiger partial charge in [0.2, 0.25) is 11.8 Å². The number of methoxy groups -OCH3 is 2. The Bertz CT molecular complexity index is 1230. The molecule has 0 radical (unpaired) electrons. The number of hydrogen-bond acceptors (Lipinski definition) is 9. The highest BCUT2D eigenvalue weighted by Gasteiger charge is 2.26. The van der Waals surface area contributed by atoms with Gasteiger partial charge in [-0.2, -0.15) is 4.98 Å². The van der Waals surface area contributed by atoms with Crippen molar-refractivity contribution < 1.29 is 23.6 Å². The number of nitrogens with zero attached hydrogens (tertiary/aromatic N) is 4. The van der Waals surface area contributed by atoms with Crippen LogP contribution in [0.4, 0.5) is 0 Å². The second-order valence-corrected chi connectivity index (χ2v) is 8.16. The maximum atomic E-state index is 12.2. The Labute approximate surface area is 208 Å². The second-order valence-electron chi connectivity index (χ2n) is 8.16. The van der Waals surface area contributed by atoms with Crippen LogP contribution in [0.2, 0.25) is 0 Å². The van der Waals surface area contributed by atoms with Crippen molar-refractivity contribution in [1.82, 2.24) is 20.8 Å². The fourth-order valence-corrected chi connectivity index (χ4v) is 3.81. The fraction of sp³-hybridized carbons (Fsp3) is 0.360. The zero-order chi connectivity index (χ0) is 25.3. The van der Waals surface area contributed by atoms with Crippen molar-refractivity contribution in [3.05, 3.63) is 71.2 Å². The molecule has 11 heteroatoms. The minimum absolute atomic E-state index is 0.0972. The van der Waals surface area contributed by atoms with Crippen molar-refractivity contribution in [1.29, 1.82) is 0 Å². The molecule has 1 aromatic heterocycles. The van der Waals surface area contributed by atoms with Crippen LogP contribution in [0.15, 0.2) is 68.6 Å². The van der Waals surface area contributed by atoms with Gasteiger partial charge < -0.3 is 24.6 Å². The molecule has 1 aliphatic heterocycles. The fourth-order valence-electron chi connectivity index (χ4n) is 3.81. The lowest BCUT2D eigenvalue weighted by Gasteiger charge is -2.20. The largest absolute Gasteiger partial charge is 0.493 e. The first-order chi connectivity index (χ1) is 17.6. The van der Waals surface area contributed by atoms with Crippen LogP contribution in [0.25, 0.3) is 0 Å². The number of hydrogen-bond donors (Lipinski definition) is 2. The van der Waals surface area contributed by atoms with E-state index in [-0.39, 0.29) is 24.2 Å². The van der Waals surface area contributed by atoms with Crippen molar-refractivity contribution in [2.24, 2.45) is 16.1 Å². The molecule has 4 rings (SSSR count). The van der Waals surface area contributed by atoms with E-state index in [1.807, 2.05) is 36.4 Å². The number of aryl methyl sites for hydroxylation is 1. The van der Waals surface area contributed by atoms with E-state index in [1.165, 1.54) is 0 Å². The highest BCUT2D eigenvalue weighted by molar-refractivity contribution is 5.86. The molecule has 1 atom stereocenters. The van der Waals surface area contributed by atoms with Crippen LogP contribution in [0, 0.1) is 5.92 Å². The molecular weight excluding hydrogens is 464 g/mol. The molecule has 2 heterocycles. The molecule has 2 aromatic rings. The molecule has 36 heavy (non-hydrogen) atoms. The number of carbonyl (C=O) groups excluding carboxylic acids is 2. The van der Waals surface area contributed by atoms with Crippen molar-refractivity contribution in [2.75, 3.05) is 27.3 Å². The minimum atomic E-state index is -0.376. The first-order valence-electron chi connectivity index (χ1n) is 11.6. The summed E-state index contributed by atoms with van der Waals surface area (Å²) in [5.41, 5.74) is 1.77. The molecule has 2 aliphatic rings. The van der Waals surface area contributed by atoms with Crippen molar-refractivity contribution >= 4 is 11.8 Å². The molecular formula is C25H28N6O5. The number of allylic oxidation sites excluding steroid dienone is 3. The van der Waals surface area contributed by atoms with Gasteiger partial charge in [-0.15, -0.1) is 10.2 Å². The zero-order valence-electron chi connectivity index (χ0n) is 20.2. The predicted octanol–water partition coefficient (Wildman–Crippen LogP) is 2.65. The molecule has 2 amide bonds. The van der Waals surface area contributed by atoms with Crippen LogP contribution in [-0.4, -0.2) is 49.3 Å². The number of rotatable bonds is 12. The topological polar surface area (TPSA) is 140 Å². The molecule has 0 saturated heterocycles. The summed E-state index contributed by atoms with van der Waals surface area (Å²) >= 11 is 0.